The van der Waals surface area contributed by atoms with Crippen molar-refractivity contribution in [1.29, 1.82) is 0 Å². The Hall–Kier alpha value is -1.66. The van der Waals surface area contributed by atoms with Gasteiger partial charge in [-0.05, 0) is 116 Å². The molecule has 0 aromatic heterocycles. The molecular formula is C38H62O6. The molecule has 0 unspecified atom stereocenters. The molecule has 44 heavy (non-hydrogen) atoms. The summed E-state index contributed by atoms with van der Waals surface area (Å²) in [7, 11) is 0. The number of rotatable bonds is 14. The zero-order valence-corrected chi connectivity index (χ0v) is 28.5. The molecule has 0 heterocycles. The quantitative estimate of drug-likeness (QED) is 0.155. The van der Waals surface area contributed by atoms with Gasteiger partial charge >= 0.3 is 11.9 Å². The third-order valence-electron chi connectivity index (χ3n) is 13.4. The highest BCUT2D eigenvalue weighted by atomic mass is 16.5. The van der Waals surface area contributed by atoms with Gasteiger partial charge in [0.05, 0.1) is 37.6 Å². The molecule has 0 radical (unpaired) electrons. The van der Waals surface area contributed by atoms with Gasteiger partial charge in [0.15, 0.2) is 0 Å². The lowest BCUT2D eigenvalue weighted by atomic mass is 9.43. The average Bonchev–Trinajstić information content (AvgIpc) is 3.36. The van der Waals surface area contributed by atoms with Crippen LogP contribution in [0.15, 0.2) is 24.3 Å². The van der Waals surface area contributed by atoms with Gasteiger partial charge in [-0.2, -0.15) is 0 Å². The van der Waals surface area contributed by atoms with Crippen molar-refractivity contribution < 1.29 is 29.3 Å². The SMILES string of the molecule is C=C(CO)C(=O)OCC(COC(=O)C(=C)CO)[C@H]1CC[C@@]2(C)[C@@H](CC[C@@H]3[C@@H]2CC[C@]2(C)[C@@H]([C@H](C)CCCC(C)C)CC[C@@H]32)C1. The highest BCUT2D eigenvalue weighted by molar-refractivity contribution is 5.88. The fourth-order valence-corrected chi connectivity index (χ4v) is 10.8. The van der Waals surface area contributed by atoms with Crippen LogP contribution < -0.4 is 0 Å². The lowest BCUT2D eigenvalue weighted by molar-refractivity contribution is -0.150. The molecule has 6 heteroatoms. The Morgan fingerprint density at radius 3 is 1.98 bits per heavy atom. The van der Waals surface area contributed by atoms with Gasteiger partial charge < -0.3 is 19.7 Å². The van der Waals surface area contributed by atoms with Gasteiger partial charge in [0.1, 0.15) is 0 Å². The first-order valence-corrected chi connectivity index (χ1v) is 17.8. The minimum absolute atomic E-state index is 0.0207. The van der Waals surface area contributed by atoms with Crippen molar-refractivity contribution in [1.82, 2.24) is 0 Å². The van der Waals surface area contributed by atoms with Gasteiger partial charge in [0.25, 0.3) is 0 Å². The largest absolute Gasteiger partial charge is 0.462 e. The second-order valence-electron chi connectivity index (χ2n) is 16.2. The molecule has 6 nitrogen and oxygen atoms in total. The number of hydrogen-bond acceptors (Lipinski definition) is 6. The van der Waals surface area contributed by atoms with E-state index in [2.05, 4.69) is 47.8 Å². The van der Waals surface area contributed by atoms with E-state index in [1.807, 2.05) is 0 Å². The van der Waals surface area contributed by atoms with Crippen molar-refractivity contribution in [2.75, 3.05) is 26.4 Å². The fourth-order valence-electron chi connectivity index (χ4n) is 10.8. The van der Waals surface area contributed by atoms with Crippen molar-refractivity contribution in [3.63, 3.8) is 0 Å². The molecule has 2 N–H and O–H groups in total. The predicted octanol–water partition coefficient (Wildman–Crippen LogP) is 7.52. The van der Waals surface area contributed by atoms with Crippen LogP contribution >= 0.6 is 0 Å². The molecule has 9 atom stereocenters. The maximum absolute atomic E-state index is 12.3. The van der Waals surface area contributed by atoms with Crippen LogP contribution in [0.3, 0.4) is 0 Å². The Morgan fingerprint density at radius 1 is 0.795 bits per heavy atom. The van der Waals surface area contributed by atoms with E-state index in [4.69, 9.17) is 9.47 Å². The highest BCUT2D eigenvalue weighted by Gasteiger charge is 2.60. The number of esters is 2. The first kappa shape index (κ1) is 35.2. The molecule has 0 aromatic rings. The van der Waals surface area contributed by atoms with Crippen LogP contribution in [-0.2, 0) is 19.1 Å². The van der Waals surface area contributed by atoms with Gasteiger partial charge in [-0.15, -0.1) is 0 Å². The number of carbonyl (C=O) groups is 2. The molecule has 4 fully saturated rings. The lowest BCUT2D eigenvalue weighted by Crippen LogP contribution is -2.54. The average molecular weight is 615 g/mol. The maximum atomic E-state index is 12.3. The molecule has 4 saturated carbocycles. The van der Waals surface area contributed by atoms with E-state index in [1.165, 1.54) is 57.8 Å². The van der Waals surface area contributed by atoms with Crippen LogP contribution in [0.25, 0.3) is 0 Å². The topological polar surface area (TPSA) is 93.1 Å². The van der Waals surface area contributed by atoms with Gasteiger partial charge in [0, 0.05) is 5.92 Å². The van der Waals surface area contributed by atoms with Gasteiger partial charge in [-0.1, -0.05) is 67.0 Å². The summed E-state index contributed by atoms with van der Waals surface area (Å²) >= 11 is 0. The maximum Gasteiger partial charge on any atom is 0.335 e. The van der Waals surface area contributed by atoms with E-state index in [-0.39, 0.29) is 36.2 Å². The van der Waals surface area contributed by atoms with E-state index in [0.29, 0.717) is 16.7 Å². The van der Waals surface area contributed by atoms with Crippen LogP contribution in [0.4, 0.5) is 0 Å². The van der Waals surface area contributed by atoms with E-state index in [0.717, 1.165) is 54.8 Å². The Kier molecular flexibility index (Phi) is 11.9. The number of aliphatic hydroxyl groups is 2. The molecule has 0 aromatic carbocycles. The Bertz CT molecular complexity index is 1000. The molecule has 0 spiro atoms. The zero-order chi connectivity index (χ0) is 32.2. The number of hydrogen-bond donors (Lipinski definition) is 2. The number of fused-ring (bicyclic) bond motifs is 5. The summed E-state index contributed by atoms with van der Waals surface area (Å²) in [5, 5.41) is 18.6. The summed E-state index contributed by atoms with van der Waals surface area (Å²) in [6, 6.07) is 0. The Morgan fingerprint density at radius 2 is 1.39 bits per heavy atom. The van der Waals surface area contributed by atoms with Crippen molar-refractivity contribution in [3.8, 4) is 0 Å². The van der Waals surface area contributed by atoms with Crippen LogP contribution in [-0.4, -0.2) is 48.6 Å². The van der Waals surface area contributed by atoms with Crippen molar-refractivity contribution in [2.24, 2.45) is 64.1 Å². The summed E-state index contributed by atoms with van der Waals surface area (Å²) in [6.45, 7) is 19.0. The summed E-state index contributed by atoms with van der Waals surface area (Å²) < 4.78 is 11.1. The smallest absolute Gasteiger partial charge is 0.335 e. The zero-order valence-electron chi connectivity index (χ0n) is 28.5. The van der Waals surface area contributed by atoms with Gasteiger partial charge in [0.2, 0.25) is 0 Å². The molecular weight excluding hydrogens is 552 g/mol. The minimum Gasteiger partial charge on any atom is -0.462 e. The third kappa shape index (κ3) is 7.32. The number of ether oxygens (including phenoxy) is 2. The van der Waals surface area contributed by atoms with Crippen LogP contribution in [0.1, 0.15) is 112 Å². The van der Waals surface area contributed by atoms with Crippen LogP contribution in [0.5, 0.6) is 0 Å². The van der Waals surface area contributed by atoms with E-state index in [1.54, 1.807) is 0 Å². The molecule has 0 aliphatic heterocycles. The number of aliphatic hydroxyl groups excluding tert-OH is 2. The highest BCUT2D eigenvalue weighted by Crippen LogP contribution is 2.69. The summed E-state index contributed by atoms with van der Waals surface area (Å²) in [5.41, 5.74) is 0.866. The summed E-state index contributed by atoms with van der Waals surface area (Å²) in [5.74, 6) is 4.50. The monoisotopic (exact) mass is 614 g/mol. The van der Waals surface area contributed by atoms with Crippen LogP contribution in [0, 0.1) is 64.1 Å². The second kappa shape index (κ2) is 14.8. The molecule has 0 bridgehead atoms. The van der Waals surface area contributed by atoms with Crippen molar-refractivity contribution in [2.45, 2.75) is 112 Å². The second-order valence-corrected chi connectivity index (χ2v) is 16.2. The molecule has 0 saturated heterocycles. The summed E-state index contributed by atoms with van der Waals surface area (Å²) in [4.78, 5) is 24.6. The minimum atomic E-state index is -0.612. The molecule has 250 valence electrons. The molecule has 0 amide bonds. The van der Waals surface area contributed by atoms with Crippen molar-refractivity contribution >= 4 is 11.9 Å². The Balaban J connectivity index is 1.42. The van der Waals surface area contributed by atoms with E-state index in [9.17, 15) is 19.8 Å². The van der Waals surface area contributed by atoms with Crippen molar-refractivity contribution in [3.05, 3.63) is 24.3 Å². The lowest BCUT2D eigenvalue weighted by Gasteiger charge is -2.61. The standard InChI is InChI=1S/C38H62O6/c1-24(2)9-8-10-25(3)32-13-14-33-31-12-11-30-19-28(15-17-37(30,6)34(31)16-18-38(32,33)7)29(22-43-35(41)26(4)20-39)23-44-36(42)27(5)21-40/h24-25,28-34,39-40H,4-5,8-23H2,1-3,6-7H3/t25-,28+,30+,31+,32-,33+,34+,37+,38-/m1/s1. The molecule has 4 aliphatic carbocycles. The van der Waals surface area contributed by atoms with Gasteiger partial charge in [-0.3, -0.25) is 0 Å². The predicted molar refractivity (Wildman–Crippen MR) is 174 cm³/mol. The third-order valence-corrected chi connectivity index (χ3v) is 13.4. The number of carbonyl (C=O) groups excluding carboxylic acids is 2. The first-order chi connectivity index (χ1) is 20.8. The Labute approximate surface area is 267 Å². The normalized spacial score (nSPS) is 35.4. The van der Waals surface area contributed by atoms with E-state index >= 15 is 0 Å². The van der Waals surface area contributed by atoms with E-state index < -0.39 is 25.2 Å². The molecule has 4 aliphatic rings. The van der Waals surface area contributed by atoms with Crippen LogP contribution in [0.2, 0.25) is 0 Å². The van der Waals surface area contributed by atoms with Gasteiger partial charge in [-0.25, -0.2) is 9.59 Å². The molecule has 4 rings (SSSR count). The summed E-state index contributed by atoms with van der Waals surface area (Å²) in [6.07, 6.45) is 15.5. The first-order valence-electron chi connectivity index (χ1n) is 17.8. The fraction of sp³-hybridized carbons (Fsp3) is 0.842.